The Bertz CT molecular complexity index is 976. The number of hydrogen-bond donors (Lipinski definition) is 1. The van der Waals surface area contributed by atoms with E-state index in [0.29, 0.717) is 0 Å². The van der Waals surface area contributed by atoms with E-state index in [2.05, 4.69) is 67.6 Å². The number of anilines is 2. The molecule has 0 saturated heterocycles. The molecule has 0 atom stereocenters. The first-order valence-electron chi connectivity index (χ1n) is 12.8. The molecule has 34 heavy (non-hydrogen) atoms. The molecule has 2 aromatic heterocycles. The van der Waals surface area contributed by atoms with Crippen LogP contribution in [0.4, 0.5) is 11.6 Å². The summed E-state index contributed by atoms with van der Waals surface area (Å²) in [4.78, 5) is 11.4. The zero-order chi connectivity index (χ0) is 24.0. The van der Waals surface area contributed by atoms with Crippen LogP contribution in [0.3, 0.4) is 0 Å². The summed E-state index contributed by atoms with van der Waals surface area (Å²) in [5.74, 6) is 1.89. The van der Waals surface area contributed by atoms with Crippen LogP contribution in [0.1, 0.15) is 69.7 Å². The molecular weight excluding hydrogens is 420 g/mol. The average Bonchev–Trinajstić information content (AvgIpc) is 2.87. The van der Waals surface area contributed by atoms with Gasteiger partial charge in [-0.3, -0.25) is 4.98 Å². The first-order valence-corrected chi connectivity index (χ1v) is 12.8. The normalized spacial score (nSPS) is 10.9. The molecule has 1 N–H and O–H groups in total. The Hall–Kier alpha value is -3.02. The molecule has 0 radical (unpaired) electrons. The third-order valence-electron chi connectivity index (χ3n) is 6.08. The molecule has 0 bridgehead atoms. The van der Waals surface area contributed by atoms with Gasteiger partial charge in [-0.25, -0.2) is 4.98 Å². The summed E-state index contributed by atoms with van der Waals surface area (Å²) in [5.41, 5.74) is 4.21. The minimum Gasteiger partial charge on any atom is -0.369 e. The van der Waals surface area contributed by atoms with E-state index in [4.69, 9.17) is 0 Å². The van der Waals surface area contributed by atoms with Crippen molar-refractivity contribution >= 4 is 11.6 Å². The minimum absolute atomic E-state index is 0.904. The standard InChI is InChI=1S/C28H40N6/c1-4-5-6-7-13-18-34(27-20-26(22-31-33-27)25-15-10-8-11-16-25)19-14-9-12-17-29-28-24(3)30-21-23(2)32-28/h8,10-11,15-16,20-22H,4-7,9,12-14,17-19H2,1-3H3,(H,29,32). The molecule has 0 fully saturated rings. The van der Waals surface area contributed by atoms with Crippen molar-refractivity contribution in [2.45, 2.75) is 72.1 Å². The van der Waals surface area contributed by atoms with Gasteiger partial charge in [0, 0.05) is 31.4 Å². The molecule has 3 rings (SSSR count). The number of nitrogens with zero attached hydrogens (tertiary/aromatic N) is 5. The van der Waals surface area contributed by atoms with Gasteiger partial charge in [-0.2, -0.15) is 5.10 Å². The van der Waals surface area contributed by atoms with Crippen molar-refractivity contribution in [3.8, 4) is 11.1 Å². The van der Waals surface area contributed by atoms with E-state index < -0.39 is 0 Å². The summed E-state index contributed by atoms with van der Waals surface area (Å²) in [6.45, 7) is 9.19. The van der Waals surface area contributed by atoms with Crippen LogP contribution in [0, 0.1) is 13.8 Å². The van der Waals surface area contributed by atoms with E-state index in [1.165, 1.54) is 37.7 Å². The third-order valence-corrected chi connectivity index (χ3v) is 6.08. The number of unbranched alkanes of at least 4 members (excludes halogenated alkanes) is 6. The molecule has 3 aromatic rings. The van der Waals surface area contributed by atoms with E-state index in [0.717, 1.165) is 67.5 Å². The monoisotopic (exact) mass is 460 g/mol. The quantitative estimate of drug-likeness (QED) is 0.257. The molecule has 6 nitrogen and oxygen atoms in total. The van der Waals surface area contributed by atoms with Gasteiger partial charge in [0.15, 0.2) is 5.82 Å². The van der Waals surface area contributed by atoms with Crippen molar-refractivity contribution in [1.29, 1.82) is 0 Å². The molecule has 1 aromatic carbocycles. The first-order chi connectivity index (χ1) is 16.7. The second kappa shape index (κ2) is 14.3. The number of benzene rings is 1. The van der Waals surface area contributed by atoms with Gasteiger partial charge in [0.1, 0.15) is 5.82 Å². The zero-order valence-corrected chi connectivity index (χ0v) is 21.1. The zero-order valence-electron chi connectivity index (χ0n) is 21.1. The Morgan fingerprint density at radius 1 is 0.824 bits per heavy atom. The number of aromatic nitrogens is 4. The molecule has 6 heteroatoms. The summed E-state index contributed by atoms with van der Waals surface area (Å²) in [6, 6.07) is 12.6. The van der Waals surface area contributed by atoms with Gasteiger partial charge in [0.25, 0.3) is 0 Å². The van der Waals surface area contributed by atoms with Crippen LogP contribution in [0.5, 0.6) is 0 Å². The SMILES string of the molecule is CCCCCCCN(CCCCCNc1nc(C)cnc1C)c1cc(-c2ccccc2)cnn1. The van der Waals surface area contributed by atoms with Gasteiger partial charge in [-0.15, -0.1) is 5.10 Å². The van der Waals surface area contributed by atoms with Crippen LogP contribution in [-0.2, 0) is 0 Å². The smallest absolute Gasteiger partial charge is 0.151 e. The molecule has 0 amide bonds. The van der Waals surface area contributed by atoms with Crippen molar-refractivity contribution in [2.75, 3.05) is 29.9 Å². The fourth-order valence-corrected chi connectivity index (χ4v) is 4.06. The second-order valence-electron chi connectivity index (χ2n) is 9.00. The van der Waals surface area contributed by atoms with Crippen molar-refractivity contribution in [2.24, 2.45) is 0 Å². The number of rotatable bonds is 15. The molecule has 0 aliphatic heterocycles. The predicted molar refractivity (Wildman–Crippen MR) is 142 cm³/mol. The van der Waals surface area contributed by atoms with Gasteiger partial charge < -0.3 is 10.2 Å². The molecule has 2 heterocycles. The Labute approximate surface area is 205 Å². The molecule has 0 aliphatic rings. The van der Waals surface area contributed by atoms with Crippen LogP contribution in [0.15, 0.2) is 48.8 Å². The van der Waals surface area contributed by atoms with E-state index in [9.17, 15) is 0 Å². The van der Waals surface area contributed by atoms with Crippen LogP contribution in [0.25, 0.3) is 11.1 Å². The highest BCUT2D eigenvalue weighted by atomic mass is 15.3. The lowest BCUT2D eigenvalue weighted by atomic mass is 10.1. The fraction of sp³-hybridized carbons (Fsp3) is 0.500. The van der Waals surface area contributed by atoms with Gasteiger partial charge in [0.05, 0.1) is 17.6 Å². The highest BCUT2D eigenvalue weighted by Gasteiger charge is 2.10. The van der Waals surface area contributed by atoms with E-state index in [1.54, 1.807) is 0 Å². The van der Waals surface area contributed by atoms with Crippen LogP contribution >= 0.6 is 0 Å². The first kappa shape index (κ1) is 25.6. The van der Waals surface area contributed by atoms with Crippen molar-refractivity contribution in [3.63, 3.8) is 0 Å². The Kier molecular flexibility index (Phi) is 10.8. The highest BCUT2D eigenvalue weighted by molar-refractivity contribution is 5.65. The lowest BCUT2D eigenvalue weighted by molar-refractivity contribution is 0.597. The van der Waals surface area contributed by atoms with Gasteiger partial charge in [-0.1, -0.05) is 62.9 Å². The van der Waals surface area contributed by atoms with E-state index in [-0.39, 0.29) is 0 Å². The molecular formula is C28H40N6. The fourth-order valence-electron chi connectivity index (χ4n) is 4.06. The van der Waals surface area contributed by atoms with Crippen molar-refractivity contribution in [1.82, 2.24) is 20.2 Å². The summed E-state index contributed by atoms with van der Waals surface area (Å²) < 4.78 is 0. The summed E-state index contributed by atoms with van der Waals surface area (Å²) >= 11 is 0. The second-order valence-corrected chi connectivity index (χ2v) is 9.00. The molecule has 0 aliphatic carbocycles. The molecule has 182 valence electrons. The maximum absolute atomic E-state index is 4.55. The Balaban J connectivity index is 1.53. The van der Waals surface area contributed by atoms with Crippen molar-refractivity contribution in [3.05, 3.63) is 60.2 Å². The maximum Gasteiger partial charge on any atom is 0.151 e. The topological polar surface area (TPSA) is 66.8 Å². The van der Waals surface area contributed by atoms with E-state index in [1.807, 2.05) is 32.3 Å². The van der Waals surface area contributed by atoms with Gasteiger partial charge >= 0.3 is 0 Å². The lowest BCUT2D eigenvalue weighted by Crippen LogP contribution is -2.27. The summed E-state index contributed by atoms with van der Waals surface area (Å²) in [7, 11) is 0. The van der Waals surface area contributed by atoms with Crippen LogP contribution in [-0.4, -0.2) is 39.8 Å². The maximum atomic E-state index is 4.55. The van der Waals surface area contributed by atoms with Crippen LogP contribution in [0.2, 0.25) is 0 Å². The summed E-state index contributed by atoms with van der Waals surface area (Å²) in [6.07, 6.45) is 13.4. The predicted octanol–water partition coefficient (Wildman–Crippen LogP) is 6.61. The van der Waals surface area contributed by atoms with Crippen molar-refractivity contribution < 1.29 is 0 Å². The Morgan fingerprint density at radius 2 is 1.56 bits per heavy atom. The Morgan fingerprint density at radius 3 is 2.32 bits per heavy atom. The minimum atomic E-state index is 0.904. The number of hydrogen-bond acceptors (Lipinski definition) is 6. The average molecular weight is 461 g/mol. The molecule has 0 spiro atoms. The van der Waals surface area contributed by atoms with Gasteiger partial charge in [0.2, 0.25) is 0 Å². The lowest BCUT2D eigenvalue weighted by Gasteiger charge is -2.24. The number of nitrogens with one attached hydrogen (secondary N) is 1. The van der Waals surface area contributed by atoms with Crippen LogP contribution < -0.4 is 10.2 Å². The number of aryl methyl sites for hydroxylation is 2. The third kappa shape index (κ3) is 8.40. The van der Waals surface area contributed by atoms with E-state index >= 15 is 0 Å². The van der Waals surface area contributed by atoms with Gasteiger partial charge in [-0.05, 0) is 51.2 Å². The molecule has 0 saturated carbocycles. The highest BCUT2D eigenvalue weighted by Crippen LogP contribution is 2.22. The molecule has 0 unspecified atom stereocenters. The largest absolute Gasteiger partial charge is 0.369 e. The summed E-state index contributed by atoms with van der Waals surface area (Å²) in [5, 5.41) is 12.3.